The van der Waals surface area contributed by atoms with Gasteiger partial charge in [0.05, 0.1) is 0 Å². The monoisotopic (exact) mass is 246 g/mol. The van der Waals surface area contributed by atoms with E-state index < -0.39 is 0 Å². The molecule has 1 amide bonds. The fourth-order valence-corrected chi connectivity index (χ4v) is 2.18. The molecule has 2 N–H and O–H groups in total. The number of nitrogens with one attached hydrogen (secondary N) is 2. The van der Waals surface area contributed by atoms with Crippen molar-refractivity contribution in [3.8, 4) is 0 Å². The lowest BCUT2D eigenvalue weighted by Gasteiger charge is -2.15. The van der Waals surface area contributed by atoms with Crippen LogP contribution in [-0.4, -0.2) is 18.5 Å². The van der Waals surface area contributed by atoms with E-state index in [1.54, 1.807) is 0 Å². The van der Waals surface area contributed by atoms with Gasteiger partial charge < -0.3 is 10.6 Å². The highest BCUT2D eigenvalue weighted by Gasteiger charge is 2.23. The summed E-state index contributed by atoms with van der Waals surface area (Å²) in [7, 11) is 0. The van der Waals surface area contributed by atoms with Crippen LogP contribution in [-0.2, 0) is 0 Å². The maximum Gasteiger partial charge on any atom is 0.251 e. The summed E-state index contributed by atoms with van der Waals surface area (Å²) in [5.74, 6) is 0.928. The Morgan fingerprint density at radius 3 is 2.56 bits per heavy atom. The minimum atomic E-state index is -0.00456. The Bertz CT molecular complexity index is 395. The zero-order valence-electron chi connectivity index (χ0n) is 11.2. The first-order valence-corrected chi connectivity index (χ1v) is 6.84. The summed E-state index contributed by atoms with van der Waals surface area (Å²) in [5, 5.41) is 6.28. The van der Waals surface area contributed by atoms with E-state index in [2.05, 4.69) is 17.6 Å². The molecule has 0 radical (unpaired) electrons. The highest BCUT2D eigenvalue weighted by atomic mass is 16.1. The maximum atomic E-state index is 11.6. The van der Waals surface area contributed by atoms with Crippen molar-refractivity contribution >= 4 is 11.6 Å². The van der Waals surface area contributed by atoms with Crippen LogP contribution in [0, 0.1) is 5.92 Å². The zero-order chi connectivity index (χ0) is 13.0. The van der Waals surface area contributed by atoms with Crippen molar-refractivity contribution in [2.24, 2.45) is 5.92 Å². The molecule has 0 aromatic heterocycles. The second-order valence-electron chi connectivity index (χ2n) is 5.16. The molecule has 98 valence electrons. The van der Waals surface area contributed by atoms with Crippen LogP contribution in [0.25, 0.3) is 0 Å². The Morgan fingerprint density at radius 1 is 1.33 bits per heavy atom. The predicted octanol–water partition coefficient (Wildman–Crippen LogP) is 3.04. The van der Waals surface area contributed by atoms with Crippen LogP contribution in [0.5, 0.6) is 0 Å². The van der Waals surface area contributed by atoms with Gasteiger partial charge in [-0.3, -0.25) is 4.79 Å². The van der Waals surface area contributed by atoms with Crippen molar-refractivity contribution in [3.63, 3.8) is 0 Å². The van der Waals surface area contributed by atoms with E-state index in [4.69, 9.17) is 0 Å². The molecule has 1 aliphatic rings. The van der Waals surface area contributed by atoms with Gasteiger partial charge in [-0.05, 0) is 50.5 Å². The molecule has 0 aliphatic heterocycles. The van der Waals surface area contributed by atoms with E-state index in [0.717, 1.165) is 17.2 Å². The molecular formula is C15H22N2O. The number of hydrogen-bond donors (Lipinski definition) is 2. The Hall–Kier alpha value is -1.51. The van der Waals surface area contributed by atoms with E-state index in [9.17, 15) is 4.79 Å². The van der Waals surface area contributed by atoms with Crippen molar-refractivity contribution in [1.82, 2.24) is 5.32 Å². The summed E-state index contributed by atoms with van der Waals surface area (Å²) < 4.78 is 0. The third kappa shape index (κ3) is 3.76. The molecule has 1 aromatic carbocycles. The van der Waals surface area contributed by atoms with Gasteiger partial charge >= 0.3 is 0 Å². The lowest BCUT2D eigenvalue weighted by atomic mass is 10.1. The van der Waals surface area contributed by atoms with Gasteiger partial charge in [0, 0.05) is 23.8 Å². The number of carbonyl (C=O) groups is 1. The van der Waals surface area contributed by atoms with Crippen LogP contribution < -0.4 is 10.6 Å². The summed E-state index contributed by atoms with van der Waals surface area (Å²) in [6.07, 6.45) is 4.03. The molecule has 1 atom stereocenters. The molecule has 3 heteroatoms. The average Bonchev–Trinajstić information content (AvgIpc) is 3.14. The van der Waals surface area contributed by atoms with Crippen molar-refractivity contribution in [2.45, 2.75) is 39.2 Å². The van der Waals surface area contributed by atoms with Crippen LogP contribution in [0.3, 0.4) is 0 Å². The zero-order valence-corrected chi connectivity index (χ0v) is 11.2. The minimum absolute atomic E-state index is 0.00456. The molecule has 18 heavy (non-hydrogen) atoms. The summed E-state index contributed by atoms with van der Waals surface area (Å²) in [6, 6.07) is 8.21. The largest absolute Gasteiger partial charge is 0.383 e. The Kier molecular flexibility index (Phi) is 4.24. The third-order valence-corrected chi connectivity index (χ3v) is 3.28. The van der Waals surface area contributed by atoms with Gasteiger partial charge in [-0.25, -0.2) is 0 Å². The Labute approximate surface area is 109 Å². The van der Waals surface area contributed by atoms with Crippen molar-refractivity contribution in [2.75, 3.05) is 11.9 Å². The van der Waals surface area contributed by atoms with Crippen LogP contribution in [0.15, 0.2) is 24.3 Å². The van der Waals surface area contributed by atoms with E-state index in [0.29, 0.717) is 12.6 Å². The third-order valence-electron chi connectivity index (χ3n) is 3.28. The lowest BCUT2D eigenvalue weighted by molar-refractivity contribution is 0.0956. The van der Waals surface area contributed by atoms with Gasteiger partial charge in [-0.15, -0.1) is 0 Å². The van der Waals surface area contributed by atoms with E-state index in [1.165, 1.54) is 19.3 Å². The highest BCUT2D eigenvalue weighted by Crippen LogP contribution is 2.34. The number of anilines is 1. The van der Waals surface area contributed by atoms with Crippen LogP contribution in [0.1, 0.15) is 43.5 Å². The summed E-state index contributed by atoms with van der Waals surface area (Å²) >= 11 is 0. The molecular weight excluding hydrogens is 224 g/mol. The number of hydrogen-bond acceptors (Lipinski definition) is 2. The standard InChI is InChI=1S/C15H22N2O/c1-3-16-15(18)13-6-8-14(9-7-13)17-11(2)10-12-4-5-12/h6-9,11-12,17H,3-5,10H2,1-2H3,(H,16,18). The SMILES string of the molecule is CCNC(=O)c1ccc(NC(C)CC2CC2)cc1. The van der Waals surface area contributed by atoms with Gasteiger partial charge in [0.15, 0.2) is 0 Å². The number of benzene rings is 1. The highest BCUT2D eigenvalue weighted by molar-refractivity contribution is 5.94. The van der Waals surface area contributed by atoms with Crippen molar-refractivity contribution in [1.29, 1.82) is 0 Å². The predicted molar refractivity (Wildman–Crippen MR) is 74.9 cm³/mol. The van der Waals surface area contributed by atoms with E-state index in [1.807, 2.05) is 31.2 Å². The smallest absolute Gasteiger partial charge is 0.251 e. The van der Waals surface area contributed by atoms with Crippen LogP contribution in [0.4, 0.5) is 5.69 Å². The fraction of sp³-hybridized carbons (Fsp3) is 0.533. The first kappa shape index (κ1) is 12.9. The number of carbonyl (C=O) groups excluding carboxylic acids is 1. The fourth-order valence-electron chi connectivity index (χ4n) is 2.18. The summed E-state index contributed by atoms with van der Waals surface area (Å²) in [5.41, 5.74) is 1.81. The molecule has 1 aromatic rings. The molecule has 1 unspecified atom stereocenters. The van der Waals surface area contributed by atoms with Gasteiger partial charge in [0.25, 0.3) is 5.91 Å². The molecule has 1 fully saturated rings. The molecule has 0 bridgehead atoms. The van der Waals surface area contributed by atoms with Gasteiger partial charge in [-0.1, -0.05) is 12.8 Å². The Balaban J connectivity index is 1.88. The topological polar surface area (TPSA) is 41.1 Å². The van der Waals surface area contributed by atoms with Gasteiger partial charge in [-0.2, -0.15) is 0 Å². The summed E-state index contributed by atoms with van der Waals surface area (Å²) in [4.78, 5) is 11.6. The van der Waals surface area contributed by atoms with Crippen LogP contribution >= 0.6 is 0 Å². The van der Waals surface area contributed by atoms with E-state index >= 15 is 0 Å². The molecule has 0 heterocycles. The molecule has 0 saturated heterocycles. The van der Waals surface area contributed by atoms with E-state index in [-0.39, 0.29) is 5.91 Å². The molecule has 2 rings (SSSR count). The molecule has 1 saturated carbocycles. The normalized spacial score (nSPS) is 16.1. The molecule has 1 aliphatic carbocycles. The molecule has 0 spiro atoms. The molecule has 3 nitrogen and oxygen atoms in total. The quantitative estimate of drug-likeness (QED) is 0.810. The van der Waals surface area contributed by atoms with Gasteiger partial charge in [0.2, 0.25) is 0 Å². The average molecular weight is 246 g/mol. The lowest BCUT2D eigenvalue weighted by Crippen LogP contribution is -2.22. The van der Waals surface area contributed by atoms with Crippen molar-refractivity contribution in [3.05, 3.63) is 29.8 Å². The Morgan fingerprint density at radius 2 is 2.00 bits per heavy atom. The van der Waals surface area contributed by atoms with Gasteiger partial charge in [0.1, 0.15) is 0 Å². The number of amides is 1. The number of rotatable bonds is 6. The first-order valence-electron chi connectivity index (χ1n) is 6.84. The second kappa shape index (κ2) is 5.89. The maximum absolute atomic E-state index is 11.6. The van der Waals surface area contributed by atoms with Crippen LogP contribution in [0.2, 0.25) is 0 Å². The minimum Gasteiger partial charge on any atom is -0.383 e. The summed E-state index contributed by atoms with van der Waals surface area (Å²) in [6.45, 7) is 4.81. The van der Waals surface area contributed by atoms with Crippen molar-refractivity contribution < 1.29 is 4.79 Å². The second-order valence-corrected chi connectivity index (χ2v) is 5.16. The first-order chi connectivity index (χ1) is 8.69.